The summed E-state index contributed by atoms with van der Waals surface area (Å²) >= 11 is 0. The van der Waals surface area contributed by atoms with Crippen LogP contribution in [0.15, 0.2) is 29.2 Å². The van der Waals surface area contributed by atoms with Gasteiger partial charge in [0.15, 0.2) is 16.5 Å². The van der Waals surface area contributed by atoms with Crippen molar-refractivity contribution in [3.05, 3.63) is 53.1 Å². The average Bonchev–Trinajstić information content (AvgIpc) is 2.48. The predicted octanol–water partition coefficient (Wildman–Crippen LogP) is 4.41. The minimum absolute atomic E-state index is 0.0521. The lowest BCUT2D eigenvalue weighted by Crippen LogP contribution is -2.11. The van der Waals surface area contributed by atoms with Crippen molar-refractivity contribution in [2.75, 3.05) is 0 Å². The molecule has 0 aliphatic carbocycles. The molecule has 0 fully saturated rings. The fourth-order valence-corrected chi connectivity index (χ4v) is 2.70. The second-order valence-electron chi connectivity index (χ2n) is 5.18. The molecule has 24 heavy (non-hydrogen) atoms. The summed E-state index contributed by atoms with van der Waals surface area (Å²) in [7, 11) is -5.51. The van der Waals surface area contributed by atoms with Gasteiger partial charge in [-0.25, -0.2) is 8.78 Å². The van der Waals surface area contributed by atoms with Gasteiger partial charge in [-0.15, -0.1) is 0 Å². The molecule has 0 heterocycles. The van der Waals surface area contributed by atoms with Crippen molar-refractivity contribution in [1.29, 1.82) is 0 Å². The lowest BCUT2D eigenvalue weighted by molar-refractivity contribution is 0.344. The number of para-hydroxylation sites is 1. The van der Waals surface area contributed by atoms with Crippen LogP contribution in [0.3, 0.4) is 0 Å². The summed E-state index contributed by atoms with van der Waals surface area (Å²) in [6.07, 6.45) is 0. The first kappa shape index (κ1) is 18.2. The molecule has 2 aromatic carbocycles. The molecule has 0 aromatic heterocycles. The van der Waals surface area contributed by atoms with Crippen molar-refractivity contribution in [3.8, 4) is 11.5 Å². The van der Waals surface area contributed by atoms with E-state index in [9.17, 15) is 26.0 Å². The van der Waals surface area contributed by atoms with Gasteiger partial charge < -0.3 is 4.74 Å². The summed E-state index contributed by atoms with van der Waals surface area (Å²) in [4.78, 5) is -2.11. The molecule has 0 radical (unpaired) electrons. The molecule has 2 rings (SSSR count). The Balaban J connectivity index is 2.67. The highest BCUT2D eigenvalue weighted by Gasteiger charge is 2.33. The second-order valence-corrected chi connectivity index (χ2v) is 6.54. The second kappa shape index (κ2) is 6.40. The molecule has 0 saturated carbocycles. The monoisotopic (exact) mass is 364 g/mol. The zero-order valence-corrected chi connectivity index (χ0v) is 13.3. The molecule has 0 amide bonds. The summed E-state index contributed by atoms with van der Waals surface area (Å²) in [6.45, 7) is 3.52. The minimum atomic E-state index is -5.51. The third-order valence-corrected chi connectivity index (χ3v) is 4.07. The van der Waals surface area contributed by atoms with Gasteiger partial charge in [-0.3, -0.25) is 4.55 Å². The molecule has 9 heteroatoms. The maximum atomic E-state index is 14.0. The SMILES string of the molecule is CC(C)c1ccccc1Oc1c(F)c(F)c(S(=O)(=O)O)c(F)c1F. The third kappa shape index (κ3) is 3.22. The van der Waals surface area contributed by atoms with Gasteiger partial charge in [-0.1, -0.05) is 32.0 Å². The van der Waals surface area contributed by atoms with Crippen LogP contribution in [0.25, 0.3) is 0 Å². The normalized spacial score (nSPS) is 11.8. The molecule has 0 aliphatic heterocycles. The largest absolute Gasteiger partial charge is 0.451 e. The molecule has 0 spiro atoms. The van der Waals surface area contributed by atoms with Gasteiger partial charge in [-0.05, 0) is 17.5 Å². The van der Waals surface area contributed by atoms with E-state index in [4.69, 9.17) is 9.29 Å². The molecular formula is C15H12F4O4S. The average molecular weight is 364 g/mol. The maximum Gasteiger partial charge on any atom is 0.300 e. The number of rotatable bonds is 4. The lowest BCUT2D eigenvalue weighted by atomic mass is 10.0. The van der Waals surface area contributed by atoms with Crippen LogP contribution in [0.4, 0.5) is 17.6 Å². The van der Waals surface area contributed by atoms with Crippen LogP contribution in [0.5, 0.6) is 11.5 Å². The van der Waals surface area contributed by atoms with E-state index in [0.717, 1.165) is 0 Å². The van der Waals surface area contributed by atoms with Gasteiger partial charge in [0.25, 0.3) is 0 Å². The van der Waals surface area contributed by atoms with E-state index in [-0.39, 0.29) is 11.7 Å². The van der Waals surface area contributed by atoms with Crippen LogP contribution in [0, 0.1) is 23.3 Å². The van der Waals surface area contributed by atoms with E-state index < -0.39 is 44.0 Å². The van der Waals surface area contributed by atoms with Crippen molar-refractivity contribution < 1.29 is 35.3 Å². The van der Waals surface area contributed by atoms with E-state index in [1.54, 1.807) is 26.0 Å². The van der Waals surface area contributed by atoms with Crippen LogP contribution >= 0.6 is 0 Å². The molecule has 130 valence electrons. The van der Waals surface area contributed by atoms with Gasteiger partial charge >= 0.3 is 10.1 Å². The summed E-state index contributed by atoms with van der Waals surface area (Å²) in [5.41, 5.74) is 0.510. The summed E-state index contributed by atoms with van der Waals surface area (Å²) in [6, 6.07) is 6.05. The first-order valence-electron chi connectivity index (χ1n) is 6.65. The number of hydrogen-bond acceptors (Lipinski definition) is 3. The molecule has 0 bridgehead atoms. The molecular weight excluding hydrogens is 352 g/mol. The fraction of sp³-hybridized carbons (Fsp3) is 0.200. The topological polar surface area (TPSA) is 63.6 Å². The van der Waals surface area contributed by atoms with Gasteiger partial charge in [0.2, 0.25) is 17.4 Å². The number of halogens is 4. The Hall–Kier alpha value is -2.13. The number of hydrogen-bond donors (Lipinski definition) is 1. The van der Waals surface area contributed by atoms with Crippen molar-refractivity contribution in [2.24, 2.45) is 0 Å². The molecule has 0 atom stereocenters. The lowest BCUT2D eigenvalue weighted by Gasteiger charge is -2.15. The van der Waals surface area contributed by atoms with Crippen LogP contribution in [-0.2, 0) is 10.1 Å². The van der Waals surface area contributed by atoms with Gasteiger partial charge in [-0.2, -0.15) is 17.2 Å². The standard InChI is InChI=1S/C15H12F4O4S/c1-7(2)8-5-3-4-6-9(8)23-14-10(16)12(18)15(24(20,21)22)13(19)11(14)17/h3-7H,1-2H3,(H,20,21,22). The Bertz CT molecular complexity index is 866. The highest BCUT2D eigenvalue weighted by Crippen LogP contribution is 2.37. The zero-order chi connectivity index (χ0) is 18.2. The zero-order valence-electron chi connectivity index (χ0n) is 12.5. The van der Waals surface area contributed by atoms with Crippen LogP contribution in [0.2, 0.25) is 0 Å². The van der Waals surface area contributed by atoms with E-state index >= 15 is 0 Å². The quantitative estimate of drug-likeness (QED) is 0.496. The van der Waals surface area contributed by atoms with Gasteiger partial charge in [0.1, 0.15) is 5.75 Å². The minimum Gasteiger partial charge on any atom is -0.451 e. The number of benzene rings is 2. The molecule has 0 unspecified atom stereocenters. The van der Waals surface area contributed by atoms with E-state index in [1.165, 1.54) is 12.1 Å². The number of ether oxygens (including phenoxy) is 1. The van der Waals surface area contributed by atoms with Crippen molar-refractivity contribution in [2.45, 2.75) is 24.7 Å². The predicted molar refractivity (Wildman–Crippen MR) is 76.7 cm³/mol. The molecule has 1 N–H and O–H groups in total. The molecule has 2 aromatic rings. The Morgan fingerprint density at radius 2 is 1.46 bits per heavy atom. The molecule has 0 saturated heterocycles. The Morgan fingerprint density at radius 1 is 0.958 bits per heavy atom. The summed E-state index contributed by atoms with van der Waals surface area (Å²) < 4.78 is 90.9. The van der Waals surface area contributed by atoms with Gasteiger partial charge in [0, 0.05) is 0 Å². The highest BCUT2D eigenvalue weighted by atomic mass is 32.2. The highest BCUT2D eigenvalue weighted by molar-refractivity contribution is 7.85. The first-order chi connectivity index (χ1) is 11.1. The van der Waals surface area contributed by atoms with E-state index in [0.29, 0.717) is 5.56 Å². The molecule has 4 nitrogen and oxygen atoms in total. The fourth-order valence-electron chi connectivity index (χ4n) is 2.07. The Kier molecular flexibility index (Phi) is 4.86. The Morgan fingerprint density at radius 3 is 1.92 bits per heavy atom. The maximum absolute atomic E-state index is 14.0. The summed E-state index contributed by atoms with van der Waals surface area (Å²) in [5, 5.41) is 0. The van der Waals surface area contributed by atoms with Crippen LogP contribution < -0.4 is 4.74 Å². The van der Waals surface area contributed by atoms with Crippen LogP contribution in [0.1, 0.15) is 25.3 Å². The Labute approximate surface area is 135 Å². The van der Waals surface area contributed by atoms with Gasteiger partial charge in [0.05, 0.1) is 0 Å². The first-order valence-corrected chi connectivity index (χ1v) is 8.09. The van der Waals surface area contributed by atoms with Crippen molar-refractivity contribution in [1.82, 2.24) is 0 Å². The van der Waals surface area contributed by atoms with Crippen molar-refractivity contribution in [3.63, 3.8) is 0 Å². The summed E-state index contributed by atoms with van der Waals surface area (Å²) in [5.74, 6) is -10.3. The van der Waals surface area contributed by atoms with E-state index in [1.807, 2.05) is 0 Å². The van der Waals surface area contributed by atoms with Crippen LogP contribution in [-0.4, -0.2) is 13.0 Å². The third-order valence-electron chi connectivity index (χ3n) is 3.19. The van der Waals surface area contributed by atoms with Crippen molar-refractivity contribution >= 4 is 10.1 Å². The smallest absolute Gasteiger partial charge is 0.300 e. The van der Waals surface area contributed by atoms with E-state index in [2.05, 4.69) is 0 Å². The molecule has 0 aliphatic rings.